The van der Waals surface area contributed by atoms with Crippen molar-refractivity contribution in [3.05, 3.63) is 59.7 Å². The number of rotatable bonds is 6. The van der Waals surface area contributed by atoms with Crippen molar-refractivity contribution in [1.82, 2.24) is 19.9 Å². The van der Waals surface area contributed by atoms with Crippen molar-refractivity contribution >= 4 is 5.91 Å². The summed E-state index contributed by atoms with van der Waals surface area (Å²) in [4.78, 5) is 20.9. The third-order valence-electron chi connectivity index (χ3n) is 5.02. The molecule has 1 aliphatic heterocycles. The van der Waals surface area contributed by atoms with Crippen LogP contribution < -0.4 is 0 Å². The summed E-state index contributed by atoms with van der Waals surface area (Å²) in [6, 6.07) is 7.98. The number of carbonyl (C=O) groups excluding carboxylic acids is 1. The monoisotopic (exact) mass is 398 g/mol. The summed E-state index contributed by atoms with van der Waals surface area (Å²) >= 11 is 0. The summed E-state index contributed by atoms with van der Waals surface area (Å²) in [6.07, 6.45) is 2.40. The molecule has 1 fully saturated rings. The van der Waals surface area contributed by atoms with Crippen molar-refractivity contribution in [2.45, 2.75) is 26.3 Å². The minimum atomic E-state index is -0.296. The van der Waals surface area contributed by atoms with Gasteiger partial charge in [-0.05, 0) is 31.2 Å². The quantitative estimate of drug-likeness (QED) is 0.635. The Kier molecular flexibility index (Phi) is 5.71. The van der Waals surface area contributed by atoms with E-state index in [1.165, 1.54) is 12.1 Å². The number of oxazole rings is 1. The van der Waals surface area contributed by atoms with Gasteiger partial charge in [0.1, 0.15) is 5.82 Å². The van der Waals surface area contributed by atoms with Gasteiger partial charge in [-0.1, -0.05) is 5.16 Å². The second-order valence-corrected chi connectivity index (χ2v) is 7.22. The SMILES string of the molecule is Cc1cc(CN2CCN(C(=O)CCc3ncc(-c4ccc(F)cc4)o3)CC2)on1. The molecule has 0 unspecified atom stereocenters. The molecule has 3 aromatic rings. The van der Waals surface area contributed by atoms with E-state index in [4.69, 9.17) is 8.94 Å². The van der Waals surface area contributed by atoms with Crippen molar-refractivity contribution in [1.29, 1.82) is 0 Å². The molecule has 1 aromatic carbocycles. The molecule has 152 valence electrons. The van der Waals surface area contributed by atoms with Crippen LogP contribution in [0.4, 0.5) is 4.39 Å². The molecule has 29 heavy (non-hydrogen) atoms. The third kappa shape index (κ3) is 4.89. The Hall–Kier alpha value is -3.00. The molecule has 1 amide bonds. The molecular weight excluding hydrogens is 375 g/mol. The number of aryl methyl sites for hydroxylation is 2. The minimum Gasteiger partial charge on any atom is -0.441 e. The highest BCUT2D eigenvalue weighted by Gasteiger charge is 2.22. The molecule has 8 heteroatoms. The van der Waals surface area contributed by atoms with Crippen LogP contribution in [0.1, 0.15) is 23.8 Å². The second kappa shape index (κ2) is 8.57. The standard InChI is InChI=1S/C21H23FN4O3/c1-15-12-18(29-24-15)14-25-8-10-26(11-9-25)21(27)7-6-20-23-13-19(28-20)16-2-4-17(22)5-3-16/h2-5,12-13H,6-11,14H2,1H3. The maximum absolute atomic E-state index is 13.0. The van der Waals surface area contributed by atoms with Gasteiger partial charge < -0.3 is 13.8 Å². The molecule has 3 heterocycles. The van der Waals surface area contributed by atoms with Gasteiger partial charge >= 0.3 is 0 Å². The van der Waals surface area contributed by atoms with Crippen molar-refractivity contribution in [2.24, 2.45) is 0 Å². The highest BCUT2D eigenvalue weighted by molar-refractivity contribution is 5.76. The molecule has 0 bridgehead atoms. The molecule has 7 nitrogen and oxygen atoms in total. The molecule has 1 saturated heterocycles. The first-order valence-electron chi connectivity index (χ1n) is 9.70. The lowest BCUT2D eigenvalue weighted by atomic mass is 10.2. The van der Waals surface area contributed by atoms with Crippen LogP contribution in [0.3, 0.4) is 0 Å². The topological polar surface area (TPSA) is 75.6 Å². The van der Waals surface area contributed by atoms with E-state index in [-0.39, 0.29) is 11.7 Å². The van der Waals surface area contributed by atoms with Gasteiger partial charge in [-0.2, -0.15) is 0 Å². The number of nitrogens with zero attached hydrogens (tertiary/aromatic N) is 4. The van der Waals surface area contributed by atoms with Crippen LogP contribution in [0, 0.1) is 12.7 Å². The Bertz CT molecular complexity index is 958. The Morgan fingerprint density at radius 3 is 2.62 bits per heavy atom. The zero-order valence-electron chi connectivity index (χ0n) is 16.3. The van der Waals surface area contributed by atoms with Crippen LogP contribution in [-0.4, -0.2) is 52.0 Å². The number of carbonyl (C=O) groups is 1. The van der Waals surface area contributed by atoms with E-state index in [1.54, 1.807) is 18.3 Å². The summed E-state index contributed by atoms with van der Waals surface area (Å²) in [6.45, 7) is 5.61. The molecule has 0 aliphatic carbocycles. The van der Waals surface area contributed by atoms with Crippen molar-refractivity contribution in [3.63, 3.8) is 0 Å². The maximum atomic E-state index is 13.0. The Labute approximate surface area is 168 Å². The smallest absolute Gasteiger partial charge is 0.223 e. The predicted molar refractivity (Wildman–Crippen MR) is 103 cm³/mol. The Morgan fingerprint density at radius 1 is 1.17 bits per heavy atom. The molecule has 0 N–H and O–H groups in total. The van der Waals surface area contributed by atoms with Gasteiger partial charge in [0.2, 0.25) is 5.91 Å². The molecule has 1 aliphatic rings. The summed E-state index contributed by atoms with van der Waals surface area (Å²) in [5.74, 6) is 1.74. The predicted octanol–water partition coefficient (Wildman–Crippen LogP) is 3.05. The first kappa shape index (κ1) is 19.3. The zero-order valence-corrected chi connectivity index (χ0v) is 16.3. The minimum absolute atomic E-state index is 0.0988. The summed E-state index contributed by atoms with van der Waals surface area (Å²) in [5.41, 5.74) is 1.64. The zero-order chi connectivity index (χ0) is 20.2. The average molecular weight is 398 g/mol. The second-order valence-electron chi connectivity index (χ2n) is 7.22. The Balaban J connectivity index is 1.24. The van der Waals surface area contributed by atoms with Gasteiger partial charge in [0.05, 0.1) is 18.4 Å². The molecule has 0 saturated carbocycles. The van der Waals surface area contributed by atoms with E-state index in [0.717, 1.165) is 30.1 Å². The summed E-state index contributed by atoms with van der Waals surface area (Å²) in [7, 11) is 0. The van der Waals surface area contributed by atoms with Crippen LogP contribution in [0.2, 0.25) is 0 Å². The van der Waals surface area contributed by atoms with Gasteiger partial charge in [-0.25, -0.2) is 9.37 Å². The van der Waals surface area contributed by atoms with E-state index < -0.39 is 0 Å². The molecular formula is C21H23FN4O3. The van der Waals surface area contributed by atoms with Gasteiger partial charge in [0.15, 0.2) is 17.4 Å². The van der Waals surface area contributed by atoms with E-state index >= 15 is 0 Å². The van der Waals surface area contributed by atoms with E-state index in [9.17, 15) is 9.18 Å². The van der Waals surface area contributed by atoms with Crippen molar-refractivity contribution in [2.75, 3.05) is 26.2 Å². The van der Waals surface area contributed by atoms with Crippen molar-refractivity contribution in [3.8, 4) is 11.3 Å². The molecule has 0 radical (unpaired) electrons. The molecule has 2 aromatic heterocycles. The third-order valence-corrected chi connectivity index (χ3v) is 5.02. The highest BCUT2D eigenvalue weighted by atomic mass is 19.1. The van der Waals surface area contributed by atoms with Gasteiger partial charge in [0, 0.05) is 50.7 Å². The number of aromatic nitrogens is 2. The summed E-state index contributed by atoms with van der Waals surface area (Å²) in [5, 5.41) is 3.91. The fraction of sp³-hybridized carbons (Fsp3) is 0.381. The number of piperazine rings is 1. The molecule has 4 rings (SSSR count). The molecule has 0 spiro atoms. The highest BCUT2D eigenvalue weighted by Crippen LogP contribution is 2.21. The van der Waals surface area contributed by atoms with E-state index in [1.807, 2.05) is 17.9 Å². The Morgan fingerprint density at radius 2 is 1.93 bits per heavy atom. The lowest BCUT2D eigenvalue weighted by molar-refractivity contribution is -0.133. The molecule has 0 atom stereocenters. The van der Waals surface area contributed by atoms with Gasteiger partial charge in [0.25, 0.3) is 0 Å². The number of benzene rings is 1. The lowest BCUT2D eigenvalue weighted by Gasteiger charge is -2.34. The van der Waals surface area contributed by atoms with Crippen LogP contribution in [-0.2, 0) is 17.8 Å². The normalized spacial score (nSPS) is 15.0. The van der Waals surface area contributed by atoms with Crippen LogP contribution in [0.5, 0.6) is 0 Å². The average Bonchev–Trinajstić information content (AvgIpc) is 3.36. The van der Waals surface area contributed by atoms with Crippen molar-refractivity contribution < 1.29 is 18.1 Å². The summed E-state index contributed by atoms with van der Waals surface area (Å²) < 4.78 is 24.0. The fourth-order valence-corrected chi connectivity index (χ4v) is 3.41. The first-order valence-corrected chi connectivity index (χ1v) is 9.70. The number of hydrogen-bond acceptors (Lipinski definition) is 6. The van der Waals surface area contributed by atoms with Gasteiger partial charge in [-0.15, -0.1) is 0 Å². The number of halogens is 1. The number of hydrogen-bond donors (Lipinski definition) is 0. The van der Waals surface area contributed by atoms with E-state index in [0.29, 0.717) is 44.1 Å². The van der Waals surface area contributed by atoms with Crippen LogP contribution >= 0.6 is 0 Å². The first-order chi connectivity index (χ1) is 14.1. The fourth-order valence-electron chi connectivity index (χ4n) is 3.41. The number of amides is 1. The van der Waals surface area contributed by atoms with E-state index in [2.05, 4.69) is 15.0 Å². The van der Waals surface area contributed by atoms with Crippen LogP contribution in [0.25, 0.3) is 11.3 Å². The lowest BCUT2D eigenvalue weighted by Crippen LogP contribution is -2.48. The largest absolute Gasteiger partial charge is 0.441 e. The van der Waals surface area contributed by atoms with Gasteiger partial charge in [-0.3, -0.25) is 9.69 Å². The van der Waals surface area contributed by atoms with Crippen LogP contribution in [0.15, 0.2) is 45.5 Å². The maximum Gasteiger partial charge on any atom is 0.223 e.